The summed E-state index contributed by atoms with van der Waals surface area (Å²) in [5.74, 6) is -1.12. The fourth-order valence-corrected chi connectivity index (χ4v) is 6.74. The fourth-order valence-electron chi connectivity index (χ4n) is 6.74. The fraction of sp³-hybridized carbons (Fsp3) is 0.644. The Morgan fingerprint density at radius 2 is 0.585 bits per heavy atom. The molecule has 0 amide bonds. The van der Waals surface area contributed by atoms with Crippen molar-refractivity contribution in [3.8, 4) is 0 Å². The van der Waals surface area contributed by atoms with Gasteiger partial charge in [0.25, 0.3) is 0 Å². The van der Waals surface area contributed by atoms with E-state index >= 15 is 0 Å². The first-order chi connectivity index (χ1) is 32.0. The van der Waals surface area contributed by atoms with Gasteiger partial charge < -0.3 is 14.2 Å². The molecule has 0 fully saturated rings. The largest absolute Gasteiger partial charge is 0.462 e. The van der Waals surface area contributed by atoms with Gasteiger partial charge in [-0.15, -0.1) is 0 Å². The summed E-state index contributed by atoms with van der Waals surface area (Å²) in [4.78, 5) is 37.9. The lowest BCUT2D eigenvalue weighted by atomic mass is 10.1. The maximum absolute atomic E-state index is 12.8. The van der Waals surface area contributed by atoms with Crippen LogP contribution < -0.4 is 0 Å². The zero-order valence-corrected chi connectivity index (χ0v) is 42.0. The highest BCUT2D eigenvalue weighted by atomic mass is 16.6. The zero-order valence-electron chi connectivity index (χ0n) is 42.0. The second-order valence-corrected chi connectivity index (χ2v) is 17.1. The number of carbonyl (C=O) groups excluding carboxylic acids is 3. The first kappa shape index (κ1) is 61.1. The molecule has 368 valence electrons. The van der Waals surface area contributed by atoms with Gasteiger partial charge in [0.1, 0.15) is 13.2 Å². The molecule has 0 aromatic heterocycles. The monoisotopic (exact) mass is 901 g/mol. The average Bonchev–Trinajstić information content (AvgIpc) is 3.30. The van der Waals surface area contributed by atoms with Gasteiger partial charge in [-0.05, 0) is 109 Å². The Kier molecular flexibility index (Phi) is 49.5. The van der Waals surface area contributed by atoms with E-state index in [4.69, 9.17) is 14.2 Å². The standard InChI is InChI=1S/C59H96O6/c1-4-7-10-13-16-19-22-25-27-29-31-34-37-40-43-46-49-52-58(61)64-55-56(54-63-57(60)51-48-45-42-39-36-33-24-21-18-15-12-9-6-3)65-59(62)53-50-47-44-41-38-35-32-30-28-26-23-20-17-14-11-8-5-2/h16,19,25-28,31-36,40-45,56H,4-15,17-18,20-24,29-30,37-39,46-55H2,1-3H3/b19-16-,27-25-,28-26-,34-31-,35-32-,36-33-,43-40-,44-41-,45-42-. The molecule has 0 aliphatic heterocycles. The van der Waals surface area contributed by atoms with Crippen molar-refractivity contribution in [1.82, 2.24) is 0 Å². The molecule has 0 rings (SSSR count). The minimum atomic E-state index is -0.850. The van der Waals surface area contributed by atoms with Gasteiger partial charge in [-0.1, -0.05) is 207 Å². The van der Waals surface area contributed by atoms with Crippen LogP contribution in [-0.4, -0.2) is 37.2 Å². The van der Waals surface area contributed by atoms with Crippen LogP contribution >= 0.6 is 0 Å². The number of rotatable bonds is 46. The third-order valence-corrected chi connectivity index (χ3v) is 10.7. The Balaban J connectivity index is 4.63. The Morgan fingerprint density at radius 3 is 0.985 bits per heavy atom. The summed E-state index contributed by atoms with van der Waals surface area (Å²) in [6, 6.07) is 0. The zero-order chi connectivity index (χ0) is 47.2. The van der Waals surface area contributed by atoms with E-state index in [2.05, 4.69) is 124 Å². The number of ether oxygens (including phenoxy) is 3. The van der Waals surface area contributed by atoms with Crippen LogP contribution in [0.3, 0.4) is 0 Å². The van der Waals surface area contributed by atoms with Gasteiger partial charge in [-0.3, -0.25) is 14.4 Å². The van der Waals surface area contributed by atoms with Crippen molar-refractivity contribution in [2.45, 2.75) is 232 Å². The summed E-state index contributed by atoms with van der Waals surface area (Å²) in [6.45, 7) is 6.44. The van der Waals surface area contributed by atoms with E-state index in [1.165, 1.54) is 109 Å². The highest BCUT2D eigenvalue weighted by molar-refractivity contribution is 5.71. The van der Waals surface area contributed by atoms with Crippen LogP contribution in [-0.2, 0) is 28.6 Å². The summed E-state index contributed by atoms with van der Waals surface area (Å²) >= 11 is 0. The Morgan fingerprint density at radius 1 is 0.308 bits per heavy atom. The van der Waals surface area contributed by atoms with Gasteiger partial charge in [-0.25, -0.2) is 0 Å². The Labute approximate surface area is 400 Å². The number of unbranched alkanes of at least 4 members (excludes halogenated alkanes) is 17. The van der Waals surface area contributed by atoms with E-state index in [-0.39, 0.29) is 44.4 Å². The molecule has 0 saturated carbocycles. The van der Waals surface area contributed by atoms with Crippen LogP contribution in [0.4, 0.5) is 0 Å². The van der Waals surface area contributed by atoms with Gasteiger partial charge in [0.05, 0.1) is 0 Å². The topological polar surface area (TPSA) is 78.9 Å². The van der Waals surface area contributed by atoms with E-state index < -0.39 is 12.1 Å². The number of hydrogen-bond donors (Lipinski definition) is 0. The Hall–Kier alpha value is -3.93. The molecule has 0 radical (unpaired) electrons. The first-order valence-corrected chi connectivity index (χ1v) is 26.4. The molecule has 0 aliphatic rings. The van der Waals surface area contributed by atoms with E-state index in [1.807, 2.05) is 6.08 Å². The van der Waals surface area contributed by atoms with Crippen LogP contribution in [0.2, 0.25) is 0 Å². The first-order valence-electron chi connectivity index (χ1n) is 26.4. The number of esters is 3. The molecule has 0 spiro atoms. The predicted octanol–water partition coefficient (Wildman–Crippen LogP) is 17.5. The number of carbonyl (C=O) groups is 3. The van der Waals surface area contributed by atoms with Crippen molar-refractivity contribution in [1.29, 1.82) is 0 Å². The molecule has 1 unspecified atom stereocenters. The molecule has 65 heavy (non-hydrogen) atoms. The maximum Gasteiger partial charge on any atom is 0.306 e. The summed E-state index contributed by atoms with van der Waals surface area (Å²) in [7, 11) is 0. The molecule has 0 aromatic rings. The van der Waals surface area contributed by atoms with Crippen LogP contribution in [0.25, 0.3) is 0 Å². The molecule has 0 N–H and O–H groups in total. The third kappa shape index (κ3) is 50.9. The van der Waals surface area contributed by atoms with Crippen molar-refractivity contribution in [2.75, 3.05) is 13.2 Å². The Bertz CT molecular complexity index is 1360. The number of hydrogen-bond acceptors (Lipinski definition) is 6. The molecular formula is C59H96O6. The lowest BCUT2D eigenvalue weighted by molar-refractivity contribution is -0.166. The normalized spacial score (nSPS) is 13.0. The molecule has 0 aliphatic carbocycles. The minimum absolute atomic E-state index is 0.145. The summed E-state index contributed by atoms with van der Waals surface area (Å²) in [5.41, 5.74) is 0. The van der Waals surface area contributed by atoms with Crippen molar-refractivity contribution in [3.05, 3.63) is 109 Å². The molecule has 1 atom stereocenters. The van der Waals surface area contributed by atoms with E-state index in [0.29, 0.717) is 19.3 Å². The molecule has 6 heteroatoms. The van der Waals surface area contributed by atoms with Crippen molar-refractivity contribution in [3.63, 3.8) is 0 Å². The molecule has 0 aromatic carbocycles. The van der Waals surface area contributed by atoms with Gasteiger partial charge >= 0.3 is 17.9 Å². The van der Waals surface area contributed by atoms with Crippen molar-refractivity contribution in [2.24, 2.45) is 0 Å². The highest BCUT2D eigenvalue weighted by Crippen LogP contribution is 2.11. The van der Waals surface area contributed by atoms with Crippen LogP contribution in [0.15, 0.2) is 109 Å². The SMILES string of the molecule is CCCCC/C=C\C/C=C\C/C=C\C/C=C\CCCC(=O)OCC(COC(=O)CC/C=C\C/C=C\CCCCCCCC)OC(=O)CCC/C=C\C/C=C\C/C=C\CCCCCCCC. The second kappa shape index (κ2) is 52.7. The van der Waals surface area contributed by atoms with E-state index in [9.17, 15) is 14.4 Å². The second-order valence-electron chi connectivity index (χ2n) is 17.1. The molecule has 0 heterocycles. The minimum Gasteiger partial charge on any atom is -0.462 e. The van der Waals surface area contributed by atoms with Crippen LogP contribution in [0.1, 0.15) is 226 Å². The molecule has 6 nitrogen and oxygen atoms in total. The summed E-state index contributed by atoms with van der Waals surface area (Å²) in [5, 5.41) is 0. The van der Waals surface area contributed by atoms with Gasteiger partial charge in [-0.2, -0.15) is 0 Å². The summed E-state index contributed by atoms with van der Waals surface area (Å²) < 4.78 is 16.6. The van der Waals surface area contributed by atoms with Crippen LogP contribution in [0.5, 0.6) is 0 Å². The quantitative estimate of drug-likeness (QED) is 0.0262. The van der Waals surface area contributed by atoms with E-state index in [0.717, 1.165) is 57.8 Å². The van der Waals surface area contributed by atoms with Gasteiger partial charge in [0.15, 0.2) is 6.10 Å². The smallest absolute Gasteiger partial charge is 0.306 e. The predicted molar refractivity (Wildman–Crippen MR) is 279 cm³/mol. The molecular weight excluding hydrogens is 805 g/mol. The van der Waals surface area contributed by atoms with Crippen molar-refractivity contribution < 1.29 is 28.6 Å². The lowest BCUT2D eigenvalue weighted by Crippen LogP contribution is -2.30. The summed E-state index contributed by atoms with van der Waals surface area (Å²) in [6.07, 6.45) is 71.0. The maximum atomic E-state index is 12.8. The number of allylic oxidation sites excluding steroid dienone is 18. The molecule has 0 bridgehead atoms. The third-order valence-electron chi connectivity index (χ3n) is 10.7. The van der Waals surface area contributed by atoms with Crippen LogP contribution in [0, 0.1) is 0 Å². The van der Waals surface area contributed by atoms with Gasteiger partial charge in [0, 0.05) is 19.3 Å². The highest BCUT2D eigenvalue weighted by Gasteiger charge is 2.19. The lowest BCUT2D eigenvalue weighted by Gasteiger charge is -2.18. The van der Waals surface area contributed by atoms with E-state index in [1.54, 1.807) is 0 Å². The molecule has 0 saturated heterocycles. The average molecular weight is 901 g/mol. The van der Waals surface area contributed by atoms with Crippen molar-refractivity contribution >= 4 is 17.9 Å². The van der Waals surface area contributed by atoms with Gasteiger partial charge in [0.2, 0.25) is 0 Å².